The predicted molar refractivity (Wildman–Crippen MR) is 136 cm³/mol. The number of aryl methyl sites for hydroxylation is 2. The van der Waals surface area contributed by atoms with Crippen molar-refractivity contribution in [2.75, 3.05) is 56.6 Å². The van der Waals surface area contributed by atoms with Gasteiger partial charge in [0, 0.05) is 94.3 Å². The molecule has 6 rings (SSSR count). The van der Waals surface area contributed by atoms with Crippen molar-refractivity contribution in [2.24, 2.45) is 14.1 Å². The van der Waals surface area contributed by atoms with Crippen LogP contribution in [-0.2, 0) is 14.1 Å². The summed E-state index contributed by atoms with van der Waals surface area (Å²) in [7, 11) is 5.35. The quantitative estimate of drug-likeness (QED) is 0.456. The minimum Gasteiger partial charge on any atom is -0.494 e. The zero-order chi connectivity index (χ0) is 24.1. The van der Waals surface area contributed by atoms with E-state index in [0.29, 0.717) is 28.6 Å². The number of hydrogen-bond acceptors (Lipinski definition) is 7. The Morgan fingerprint density at radius 3 is 2.54 bits per heavy atom. The Morgan fingerprint density at radius 1 is 1.06 bits per heavy atom. The number of methoxy groups -OCH3 is 1. The Morgan fingerprint density at radius 2 is 1.83 bits per heavy atom. The summed E-state index contributed by atoms with van der Waals surface area (Å²) in [6.45, 7) is 6.22. The monoisotopic (exact) mass is 474 g/mol. The number of rotatable bonds is 5. The topological polar surface area (TPSA) is 92.5 Å². The molecular formula is C25H30N8O2. The lowest BCUT2D eigenvalue weighted by atomic mass is 10.1. The number of nitrogens with zero attached hydrogens (tertiary/aromatic N) is 6. The summed E-state index contributed by atoms with van der Waals surface area (Å²) in [6, 6.07) is 8.34. The van der Waals surface area contributed by atoms with Crippen LogP contribution >= 0.6 is 0 Å². The number of amides is 1. The van der Waals surface area contributed by atoms with Gasteiger partial charge in [-0.3, -0.25) is 19.1 Å². The molecule has 2 aliphatic heterocycles. The molecule has 35 heavy (non-hydrogen) atoms. The summed E-state index contributed by atoms with van der Waals surface area (Å²) in [5.41, 5.74) is 3.79. The molecule has 2 aromatic heterocycles. The average Bonchev–Trinajstić information content (AvgIpc) is 3.37. The van der Waals surface area contributed by atoms with Gasteiger partial charge in [-0.2, -0.15) is 10.2 Å². The molecule has 2 fully saturated rings. The van der Waals surface area contributed by atoms with E-state index in [0.717, 1.165) is 61.2 Å². The van der Waals surface area contributed by atoms with E-state index < -0.39 is 0 Å². The van der Waals surface area contributed by atoms with Gasteiger partial charge in [0.1, 0.15) is 11.3 Å². The standard InChI is InChI=1S/C25H30N8O2/c1-30-14-16-10-21(23(35-3)11-20(16)28-30)27-25(34)18-4-5-22(19-15-31(2)29-24(18)19)33-8-6-32(7-9-33)17-12-26-13-17/h4-5,10-11,14-15,17,26H,6-9,12-13H2,1-3H3,(H,27,34). The van der Waals surface area contributed by atoms with Gasteiger partial charge >= 0.3 is 0 Å². The summed E-state index contributed by atoms with van der Waals surface area (Å²) in [4.78, 5) is 18.4. The maximum Gasteiger partial charge on any atom is 0.258 e. The van der Waals surface area contributed by atoms with Gasteiger partial charge in [0.05, 0.1) is 23.9 Å². The van der Waals surface area contributed by atoms with E-state index in [1.165, 1.54) is 0 Å². The molecule has 1 amide bonds. The first-order valence-corrected chi connectivity index (χ1v) is 12.0. The van der Waals surface area contributed by atoms with Gasteiger partial charge < -0.3 is 20.3 Å². The molecule has 2 saturated heterocycles. The van der Waals surface area contributed by atoms with Gasteiger partial charge in [-0.15, -0.1) is 0 Å². The van der Waals surface area contributed by atoms with Gasteiger partial charge in [0.2, 0.25) is 0 Å². The molecule has 4 heterocycles. The van der Waals surface area contributed by atoms with Crippen molar-refractivity contribution in [1.82, 2.24) is 29.8 Å². The van der Waals surface area contributed by atoms with Crippen LogP contribution in [0.4, 0.5) is 11.4 Å². The third kappa shape index (κ3) is 3.88. The number of benzene rings is 2. The largest absolute Gasteiger partial charge is 0.494 e. The van der Waals surface area contributed by atoms with Crippen LogP contribution in [0.25, 0.3) is 21.8 Å². The van der Waals surface area contributed by atoms with Gasteiger partial charge in [-0.25, -0.2) is 0 Å². The Labute approximate surface area is 203 Å². The maximum atomic E-state index is 13.4. The second-order valence-electron chi connectivity index (χ2n) is 9.40. The Hall–Kier alpha value is -3.63. The molecule has 2 aromatic carbocycles. The molecule has 0 aliphatic carbocycles. The molecule has 2 N–H and O–H groups in total. The summed E-state index contributed by atoms with van der Waals surface area (Å²) in [5.74, 6) is 0.349. The van der Waals surface area contributed by atoms with Crippen LogP contribution in [-0.4, -0.2) is 82.8 Å². The number of hydrogen-bond donors (Lipinski definition) is 2. The molecule has 0 bridgehead atoms. The summed E-state index contributed by atoms with van der Waals surface area (Å²) >= 11 is 0. The predicted octanol–water partition coefficient (Wildman–Crippen LogP) is 1.81. The highest BCUT2D eigenvalue weighted by Gasteiger charge is 2.29. The van der Waals surface area contributed by atoms with Crippen molar-refractivity contribution in [3.05, 3.63) is 42.2 Å². The van der Waals surface area contributed by atoms with Crippen molar-refractivity contribution in [3.63, 3.8) is 0 Å². The number of fused-ring (bicyclic) bond motifs is 2. The van der Waals surface area contributed by atoms with Crippen molar-refractivity contribution in [3.8, 4) is 5.75 Å². The van der Waals surface area contributed by atoms with Gasteiger partial charge in [0.25, 0.3) is 5.91 Å². The molecule has 2 aliphatic rings. The van der Waals surface area contributed by atoms with Gasteiger partial charge in [-0.05, 0) is 18.2 Å². The summed E-state index contributed by atoms with van der Waals surface area (Å²) in [6.07, 6.45) is 3.92. The number of carbonyl (C=O) groups excluding carboxylic acids is 1. The minimum atomic E-state index is -0.218. The number of ether oxygens (including phenoxy) is 1. The summed E-state index contributed by atoms with van der Waals surface area (Å²) in [5, 5.41) is 17.4. The summed E-state index contributed by atoms with van der Waals surface area (Å²) < 4.78 is 9.05. The fraction of sp³-hybridized carbons (Fsp3) is 0.400. The molecule has 0 radical (unpaired) electrons. The molecule has 0 saturated carbocycles. The lowest BCUT2D eigenvalue weighted by Crippen LogP contribution is -2.61. The fourth-order valence-electron chi connectivity index (χ4n) is 5.16. The number of piperazine rings is 1. The van der Waals surface area contributed by atoms with Crippen molar-refractivity contribution >= 4 is 39.1 Å². The van der Waals surface area contributed by atoms with E-state index in [-0.39, 0.29) is 5.91 Å². The highest BCUT2D eigenvalue weighted by molar-refractivity contribution is 6.14. The van der Waals surface area contributed by atoms with Crippen molar-refractivity contribution in [1.29, 1.82) is 0 Å². The van der Waals surface area contributed by atoms with Crippen molar-refractivity contribution in [2.45, 2.75) is 6.04 Å². The minimum absolute atomic E-state index is 0.218. The number of anilines is 2. The molecule has 10 nitrogen and oxygen atoms in total. The Kier molecular flexibility index (Phi) is 5.34. The zero-order valence-electron chi connectivity index (χ0n) is 20.3. The molecule has 0 spiro atoms. The molecule has 10 heteroatoms. The van der Waals surface area contributed by atoms with Crippen LogP contribution in [0.2, 0.25) is 0 Å². The van der Waals surface area contributed by atoms with Crippen LogP contribution in [0.3, 0.4) is 0 Å². The second kappa shape index (κ2) is 8.54. The third-order valence-electron chi connectivity index (χ3n) is 7.13. The first-order chi connectivity index (χ1) is 17.0. The van der Waals surface area contributed by atoms with E-state index in [1.54, 1.807) is 16.5 Å². The van der Waals surface area contributed by atoms with E-state index in [2.05, 4.69) is 36.7 Å². The van der Waals surface area contributed by atoms with E-state index in [4.69, 9.17) is 4.74 Å². The van der Waals surface area contributed by atoms with Crippen LogP contribution in [0, 0.1) is 0 Å². The van der Waals surface area contributed by atoms with Gasteiger partial charge in [-0.1, -0.05) is 0 Å². The highest BCUT2D eigenvalue weighted by atomic mass is 16.5. The Bertz CT molecular complexity index is 1410. The first-order valence-electron chi connectivity index (χ1n) is 12.0. The molecule has 0 atom stereocenters. The second-order valence-corrected chi connectivity index (χ2v) is 9.40. The van der Waals surface area contributed by atoms with Crippen LogP contribution in [0.15, 0.2) is 36.7 Å². The molecule has 182 valence electrons. The number of nitrogens with one attached hydrogen (secondary N) is 2. The van der Waals surface area contributed by atoms with E-state index in [9.17, 15) is 4.79 Å². The SMILES string of the molecule is COc1cc2nn(C)cc2cc1NC(=O)c1ccc(N2CCN(C3CNC3)CC2)c2cn(C)nc12. The van der Waals surface area contributed by atoms with Crippen LogP contribution in [0.1, 0.15) is 10.4 Å². The zero-order valence-corrected chi connectivity index (χ0v) is 20.3. The van der Waals surface area contributed by atoms with E-state index >= 15 is 0 Å². The molecule has 4 aromatic rings. The van der Waals surface area contributed by atoms with Crippen molar-refractivity contribution < 1.29 is 9.53 Å². The highest BCUT2D eigenvalue weighted by Crippen LogP contribution is 2.33. The fourth-order valence-corrected chi connectivity index (χ4v) is 5.16. The normalized spacial score (nSPS) is 17.2. The van der Waals surface area contributed by atoms with Crippen LogP contribution in [0.5, 0.6) is 5.75 Å². The lowest BCUT2D eigenvalue weighted by Gasteiger charge is -2.44. The molecular weight excluding hydrogens is 444 g/mol. The molecule has 0 unspecified atom stereocenters. The Balaban J connectivity index is 1.28. The third-order valence-corrected chi connectivity index (χ3v) is 7.13. The smallest absolute Gasteiger partial charge is 0.258 e. The van der Waals surface area contributed by atoms with E-state index in [1.807, 2.05) is 44.7 Å². The maximum absolute atomic E-state index is 13.4. The number of carbonyl (C=O) groups is 1. The van der Waals surface area contributed by atoms with Crippen LogP contribution < -0.4 is 20.3 Å². The lowest BCUT2D eigenvalue weighted by molar-refractivity contribution is 0.102. The first kappa shape index (κ1) is 21.9. The number of aromatic nitrogens is 4. The average molecular weight is 475 g/mol. The van der Waals surface area contributed by atoms with Gasteiger partial charge in [0.15, 0.2) is 0 Å².